The molecular formula is C12H16S. The lowest BCUT2D eigenvalue weighted by molar-refractivity contribution is 0.624. The van der Waals surface area contributed by atoms with E-state index in [1.807, 2.05) is 0 Å². The average molecular weight is 192 g/mol. The Balaban J connectivity index is 1.98. The zero-order valence-corrected chi connectivity index (χ0v) is 8.89. The van der Waals surface area contributed by atoms with Crippen LogP contribution in [0, 0.1) is 5.92 Å². The van der Waals surface area contributed by atoms with Gasteiger partial charge in [-0.3, -0.25) is 0 Å². The molecule has 0 radical (unpaired) electrons. The first kappa shape index (κ1) is 9.14. The second-order valence-corrected chi connectivity index (χ2v) is 5.19. The first-order chi connectivity index (χ1) is 6.36. The van der Waals surface area contributed by atoms with Crippen LogP contribution in [0.25, 0.3) is 0 Å². The molecule has 0 bridgehead atoms. The Hall–Kier alpha value is -0.430. The van der Waals surface area contributed by atoms with Crippen LogP contribution in [0.2, 0.25) is 0 Å². The van der Waals surface area contributed by atoms with Gasteiger partial charge in [-0.25, -0.2) is 0 Å². The van der Waals surface area contributed by atoms with Crippen LogP contribution < -0.4 is 0 Å². The van der Waals surface area contributed by atoms with E-state index < -0.39 is 0 Å². The number of benzene rings is 1. The van der Waals surface area contributed by atoms with Gasteiger partial charge in [0.2, 0.25) is 0 Å². The fourth-order valence-electron chi connectivity index (χ4n) is 1.96. The molecule has 1 aliphatic carbocycles. The summed E-state index contributed by atoms with van der Waals surface area (Å²) in [7, 11) is 0. The molecule has 0 saturated heterocycles. The van der Waals surface area contributed by atoms with Crippen molar-refractivity contribution in [3.05, 3.63) is 30.3 Å². The van der Waals surface area contributed by atoms with Gasteiger partial charge in [0.15, 0.2) is 0 Å². The van der Waals surface area contributed by atoms with Gasteiger partial charge in [-0.2, -0.15) is 0 Å². The smallest absolute Gasteiger partial charge is 0.0120 e. The maximum atomic E-state index is 2.38. The molecule has 1 aromatic carbocycles. The molecule has 1 fully saturated rings. The van der Waals surface area contributed by atoms with E-state index in [4.69, 9.17) is 0 Å². The third kappa shape index (κ3) is 2.28. The van der Waals surface area contributed by atoms with Gasteiger partial charge >= 0.3 is 0 Å². The monoisotopic (exact) mass is 192 g/mol. The van der Waals surface area contributed by atoms with Gasteiger partial charge < -0.3 is 0 Å². The van der Waals surface area contributed by atoms with Gasteiger partial charge in [-0.1, -0.05) is 31.5 Å². The zero-order valence-electron chi connectivity index (χ0n) is 8.07. The Morgan fingerprint density at radius 2 is 1.92 bits per heavy atom. The van der Waals surface area contributed by atoms with Crippen LogP contribution in [0.5, 0.6) is 0 Å². The summed E-state index contributed by atoms with van der Waals surface area (Å²) < 4.78 is 0. The second kappa shape index (κ2) is 4.19. The quantitative estimate of drug-likeness (QED) is 0.683. The molecule has 0 amide bonds. The fourth-order valence-corrected chi connectivity index (χ4v) is 3.28. The first-order valence-corrected chi connectivity index (χ1v) is 5.96. The van der Waals surface area contributed by atoms with Crippen molar-refractivity contribution in [1.82, 2.24) is 0 Å². The molecule has 2 rings (SSSR count). The molecular weight excluding hydrogens is 176 g/mol. The van der Waals surface area contributed by atoms with Crippen molar-refractivity contribution in [3.8, 4) is 0 Å². The highest BCUT2D eigenvalue weighted by Gasteiger charge is 2.23. The van der Waals surface area contributed by atoms with E-state index in [9.17, 15) is 0 Å². The number of hydrogen-bond acceptors (Lipinski definition) is 1. The molecule has 0 aliphatic heterocycles. The molecule has 1 aliphatic rings. The fraction of sp³-hybridized carbons (Fsp3) is 0.500. The van der Waals surface area contributed by atoms with E-state index in [1.165, 1.54) is 24.2 Å². The normalized spacial score (nSPS) is 27.8. The van der Waals surface area contributed by atoms with E-state index in [1.54, 1.807) is 0 Å². The zero-order chi connectivity index (χ0) is 9.10. The Kier molecular flexibility index (Phi) is 2.94. The van der Waals surface area contributed by atoms with Crippen LogP contribution in [-0.2, 0) is 0 Å². The summed E-state index contributed by atoms with van der Waals surface area (Å²) in [6.07, 6.45) is 4.25. The number of rotatable bonds is 2. The van der Waals surface area contributed by atoms with Gasteiger partial charge in [0.25, 0.3) is 0 Å². The van der Waals surface area contributed by atoms with Gasteiger partial charge in [0.1, 0.15) is 0 Å². The van der Waals surface area contributed by atoms with Crippen LogP contribution in [0.4, 0.5) is 0 Å². The minimum atomic E-state index is 0.863. The second-order valence-electron chi connectivity index (χ2n) is 3.88. The van der Waals surface area contributed by atoms with E-state index in [-0.39, 0.29) is 0 Å². The Morgan fingerprint density at radius 1 is 1.15 bits per heavy atom. The summed E-state index contributed by atoms with van der Waals surface area (Å²) in [5.74, 6) is 0.908. The minimum Gasteiger partial charge on any atom is -0.122 e. The summed E-state index contributed by atoms with van der Waals surface area (Å²) in [6, 6.07) is 10.8. The van der Waals surface area contributed by atoms with Crippen LogP contribution in [0.3, 0.4) is 0 Å². The molecule has 1 saturated carbocycles. The van der Waals surface area contributed by atoms with Crippen molar-refractivity contribution in [2.45, 2.75) is 36.3 Å². The van der Waals surface area contributed by atoms with Gasteiger partial charge in [0, 0.05) is 10.1 Å². The molecule has 70 valence electrons. The first-order valence-electron chi connectivity index (χ1n) is 5.08. The molecule has 0 nitrogen and oxygen atoms in total. The molecule has 0 spiro atoms. The maximum Gasteiger partial charge on any atom is 0.0120 e. The van der Waals surface area contributed by atoms with Crippen molar-refractivity contribution in [2.75, 3.05) is 0 Å². The minimum absolute atomic E-state index is 0.863. The topological polar surface area (TPSA) is 0 Å². The van der Waals surface area contributed by atoms with Crippen molar-refractivity contribution >= 4 is 11.8 Å². The molecule has 13 heavy (non-hydrogen) atoms. The lowest BCUT2D eigenvalue weighted by Gasteiger charge is -2.14. The van der Waals surface area contributed by atoms with E-state index >= 15 is 0 Å². The van der Waals surface area contributed by atoms with E-state index in [2.05, 4.69) is 49.0 Å². The van der Waals surface area contributed by atoms with Crippen molar-refractivity contribution in [2.24, 2.45) is 5.92 Å². The lowest BCUT2D eigenvalue weighted by atomic mass is 10.1. The molecule has 1 heteroatoms. The lowest BCUT2D eigenvalue weighted by Crippen LogP contribution is -2.04. The molecule has 1 aromatic rings. The molecule has 0 heterocycles. The largest absolute Gasteiger partial charge is 0.122 e. The summed E-state index contributed by atoms with van der Waals surface area (Å²) >= 11 is 2.06. The Bertz CT molecular complexity index is 255. The standard InChI is InChI=1S/C12H16S/c1-10-6-5-9-12(10)13-11-7-3-2-4-8-11/h2-4,7-8,10,12H,5-6,9H2,1H3/t10-,12+/m0/s1. The molecule has 0 N–H and O–H groups in total. The number of hydrogen-bond donors (Lipinski definition) is 0. The third-order valence-electron chi connectivity index (χ3n) is 2.81. The number of thioether (sulfide) groups is 1. The van der Waals surface area contributed by atoms with Crippen molar-refractivity contribution in [1.29, 1.82) is 0 Å². The highest BCUT2D eigenvalue weighted by molar-refractivity contribution is 8.00. The van der Waals surface area contributed by atoms with Gasteiger partial charge in [-0.05, 0) is 30.9 Å². The van der Waals surface area contributed by atoms with Crippen LogP contribution >= 0.6 is 11.8 Å². The van der Waals surface area contributed by atoms with Crippen molar-refractivity contribution in [3.63, 3.8) is 0 Å². The molecule has 2 atom stereocenters. The Morgan fingerprint density at radius 3 is 2.54 bits per heavy atom. The average Bonchev–Trinajstić information content (AvgIpc) is 2.54. The summed E-state index contributed by atoms with van der Waals surface area (Å²) in [5, 5.41) is 0.863. The van der Waals surface area contributed by atoms with E-state index in [0.717, 1.165) is 11.2 Å². The Labute approximate surface area is 84.7 Å². The van der Waals surface area contributed by atoms with Crippen LogP contribution in [-0.4, -0.2) is 5.25 Å². The van der Waals surface area contributed by atoms with Crippen LogP contribution in [0.1, 0.15) is 26.2 Å². The van der Waals surface area contributed by atoms with Crippen molar-refractivity contribution < 1.29 is 0 Å². The summed E-state index contributed by atoms with van der Waals surface area (Å²) in [4.78, 5) is 1.43. The summed E-state index contributed by atoms with van der Waals surface area (Å²) in [6.45, 7) is 2.38. The predicted octanol–water partition coefficient (Wildman–Crippen LogP) is 3.97. The van der Waals surface area contributed by atoms with Crippen LogP contribution in [0.15, 0.2) is 35.2 Å². The van der Waals surface area contributed by atoms with Gasteiger partial charge in [-0.15, -0.1) is 11.8 Å². The third-order valence-corrected chi connectivity index (χ3v) is 4.36. The van der Waals surface area contributed by atoms with Gasteiger partial charge in [0.05, 0.1) is 0 Å². The summed E-state index contributed by atoms with van der Waals surface area (Å²) in [5.41, 5.74) is 0. The molecule has 0 aromatic heterocycles. The predicted molar refractivity (Wildman–Crippen MR) is 59.1 cm³/mol. The maximum absolute atomic E-state index is 2.38. The van der Waals surface area contributed by atoms with E-state index in [0.29, 0.717) is 0 Å². The highest BCUT2D eigenvalue weighted by Crippen LogP contribution is 2.38. The molecule has 0 unspecified atom stereocenters. The SMILES string of the molecule is C[C@H]1CCC[C@H]1Sc1ccccc1. The highest BCUT2D eigenvalue weighted by atomic mass is 32.2.